The predicted molar refractivity (Wildman–Crippen MR) is 105 cm³/mol. The number of rotatable bonds is 4. The van der Waals surface area contributed by atoms with Gasteiger partial charge in [0.2, 0.25) is 5.89 Å². The molecule has 0 unspecified atom stereocenters. The molecule has 2 heterocycles. The number of benzene rings is 2. The first-order valence-electron chi connectivity index (χ1n) is 8.39. The third kappa shape index (κ3) is 2.91. The molecule has 26 heavy (non-hydrogen) atoms. The van der Waals surface area contributed by atoms with Crippen LogP contribution in [-0.2, 0) is 0 Å². The van der Waals surface area contributed by atoms with Crippen LogP contribution < -0.4 is 10.4 Å². The predicted octanol–water partition coefficient (Wildman–Crippen LogP) is 5.29. The maximum Gasteiger partial charge on any atom is 0.348 e. The molecule has 130 valence electrons. The van der Waals surface area contributed by atoms with Crippen LogP contribution >= 0.6 is 11.3 Å². The van der Waals surface area contributed by atoms with Crippen LogP contribution in [0.5, 0.6) is 5.75 Å². The lowest BCUT2D eigenvalue weighted by atomic mass is 10.1. The van der Waals surface area contributed by atoms with Crippen molar-refractivity contribution in [2.75, 3.05) is 6.61 Å². The smallest absolute Gasteiger partial charge is 0.348 e. The number of aryl methyl sites for hydroxylation is 1. The molecule has 0 aliphatic heterocycles. The van der Waals surface area contributed by atoms with E-state index in [4.69, 9.17) is 9.15 Å². The molecule has 0 saturated carbocycles. The maximum absolute atomic E-state index is 12.7. The molecule has 0 N–H and O–H groups in total. The Kier molecular flexibility index (Phi) is 4.31. The standard InChI is InChI=1S/C21H17NO3S/c1-3-24-15-10-8-14(9-11-15)17-12-26-20-18(17)21(23)25-19(22-20)16-7-5-4-6-13(16)2/h4-12H,3H2,1-2H3. The van der Waals surface area contributed by atoms with Gasteiger partial charge in [0.05, 0.1) is 6.61 Å². The number of hydrogen-bond donors (Lipinski definition) is 0. The van der Waals surface area contributed by atoms with Crippen molar-refractivity contribution in [3.05, 3.63) is 69.9 Å². The van der Waals surface area contributed by atoms with Gasteiger partial charge in [0, 0.05) is 16.5 Å². The monoisotopic (exact) mass is 363 g/mol. The quantitative estimate of drug-likeness (QED) is 0.494. The van der Waals surface area contributed by atoms with Crippen molar-refractivity contribution < 1.29 is 9.15 Å². The van der Waals surface area contributed by atoms with Crippen LogP contribution in [-0.4, -0.2) is 11.6 Å². The summed E-state index contributed by atoms with van der Waals surface area (Å²) in [4.78, 5) is 18.0. The molecule has 4 aromatic rings. The summed E-state index contributed by atoms with van der Waals surface area (Å²) in [6.07, 6.45) is 0. The minimum Gasteiger partial charge on any atom is -0.494 e. The van der Waals surface area contributed by atoms with E-state index in [1.54, 1.807) is 0 Å². The van der Waals surface area contributed by atoms with Gasteiger partial charge >= 0.3 is 5.63 Å². The first-order chi connectivity index (χ1) is 12.7. The molecule has 0 saturated heterocycles. The minimum absolute atomic E-state index is 0.362. The van der Waals surface area contributed by atoms with Gasteiger partial charge in [-0.05, 0) is 43.2 Å². The molecular formula is C21H17NO3S. The van der Waals surface area contributed by atoms with Gasteiger partial charge < -0.3 is 9.15 Å². The highest BCUT2D eigenvalue weighted by Crippen LogP contribution is 2.33. The van der Waals surface area contributed by atoms with E-state index in [1.807, 2.05) is 67.8 Å². The third-order valence-electron chi connectivity index (χ3n) is 4.22. The fraction of sp³-hybridized carbons (Fsp3) is 0.143. The van der Waals surface area contributed by atoms with Gasteiger partial charge in [-0.3, -0.25) is 0 Å². The summed E-state index contributed by atoms with van der Waals surface area (Å²) in [5.74, 6) is 1.17. The van der Waals surface area contributed by atoms with E-state index in [1.165, 1.54) is 11.3 Å². The maximum atomic E-state index is 12.7. The van der Waals surface area contributed by atoms with Crippen molar-refractivity contribution in [2.24, 2.45) is 0 Å². The summed E-state index contributed by atoms with van der Waals surface area (Å²) in [5, 5.41) is 2.47. The summed E-state index contributed by atoms with van der Waals surface area (Å²) in [6, 6.07) is 15.4. The van der Waals surface area contributed by atoms with E-state index in [2.05, 4.69) is 4.98 Å². The van der Waals surface area contributed by atoms with Gasteiger partial charge in [-0.15, -0.1) is 11.3 Å². The number of aromatic nitrogens is 1. The Hall–Kier alpha value is -2.92. The molecule has 2 aromatic heterocycles. The Morgan fingerprint density at radius 2 is 1.85 bits per heavy atom. The number of nitrogens with zero attached hydrogens (tertiary/aromatic N) is 1. The molecule has 0 aliphatic carbocycles. The van der Waals surface area contributed by atoms with Gasteiger partial charge in [-0.2, -0.15) is 0 Å². The third-order valence-corrected chi connectivity index (χ3v) is 5.09. The van der Waals surface area contributed by atoms with E-state index < -0.39 is 0 Å². The lowest BCUT2D eigenvalue weighted by Gasteiger charge is -2.05. The van der Waals surface area contributed by atoms with Crippen molar-refractivity contribution in [3.63, 3.8) is 0 Å². The zero-order valence-corrected chi connectivity index (χ0v) is 15.3. The van der Waals surface area contributed by atoms with Crippen molar-refractivity contribution in [3.8, 4) is 28.3 Å². The Morgan fingerprint density at radius 1 is 1.08 bits per heavy atom. The molecule has 0 spiro atoms. The van der Waals surface area contributed by atoms with Gasteiger partial charge in [0.1, 0.15) is 16.0 Å². The molecule has 2 aromatic carbocycles. The molecule has 4 rings (SSSR count). The van der Waals surface area contributed by atoms with E-state index in [0.717, 1.165) is 28.0 Å². The lowest BCUT2D eigenvalue weighted by Crippen LogP contribution is -2.02. The molecule has 0 radical (unpaired) electrons. The highest BCUT2D eigenvalue weighted by atomic mass is 32.1. The Morgan fingerprint density at radius 3 is 2.58 bits per heavy atom. The molecule has 0 atom stereocenters. The zero-order valence-electron chi connectivity index (χ0n) is 14.5. The summed E-state index contributed by atoms with van der Waals surface area (Å²) in [6.45, 7) is 4.54. The first-order valence-corrected chi connectivity index (χ1v) is 9.27. The average molecular weight is 363 g/mol. The van der Waals surface area contributed by atoms with E-state index in [-0.39, 0.29) is 5.63 Å². The highest BCUT2D eigenvalue weighted by molar-refractivity contribution is 7.17. The van der Waals surface area contributed by atoms with Gasteiger partial charge in [-0.1, -0.05) is 30.3 Å². The molecule has 0 amide bonds. The van der Waals surface area contributed by atoms with Gasteiger partial charge in [0.25, 0.3) is 0 Å². The van der Waals surface area contributed by atoms with Gasteiger partial charge in [-0.25, -0.2) is 9.78 Å². The fourth-order valence-electron chi connectivity index (χ4n) is 2.92. The van der Waals surface area contributed by atoms with Crippen LogP contribution in [0.1, 0.15) is 12.5 Å². The zero-order chi connectivity index (χ0) is 18.1. The normalized spacial score (nSPS) is 11.0. The minimum atomic E-state index is -0.363. The SMILES string of the molecule is CCOc1ccc(-c2csc3nc(-c4ccccc4C)oc(=O)c23)cc1. The fourth-order valence-corrected chi connectivity index (χ4v) is 3.85. The highest BCUT2D eigenvalue weighted by Gasteiger charge is 2.16. The topological polar surface area (TPSA) is 52.3 Å². The Labute approximate surface area is 154 Å². The van der Waals surface area contributed by atoms with Crippen molar-refractivity contribution in [1.82, 2.24) is 4.98 Å². The molecule has 0 aliphatic rings. The molecular weight excluding hydrogens is 346 g/mol. The summed E-state index contributed by atoms with van der Waals surface area (Å²) in [7, 11) is 0. The van der Waals surface area contributed by atoms with Crippen molar-refractivity contribution in [2.45, 2.75) is 13.8 Å². The second-order valence-corrected chi connectivity index (χ2v) is 6.77. The largest absolute Gasteiger partial charge is 0.494 e. The molecule has 0 bridgehead atoms. The lowest BCUT2D eigenvalue weighted by molar-refractivity contribution is 0.340. The average Bonchev–Trinajstić information content (AvgIpc) is 3.08. The van der Waals surface area contributed by atoms with Crippen LogP contribution in [0.3, 0.4) is 0 Å². The van der Waals surface area contributed by atoms with Crippen LogP contribution in [0.2, 0.25) is 0 Å². The van der Waals surface area contributed by atoms with E-state index in [9.17, 15) is 4.79 Å². The number of fused-ring (bicyclic) bond motifs is 1. The van der Waals surface area contributed by atoms with Crippen LogP contribution in [0.4, 0.5) is 0 Å². The van der Waals surface area contributed by atoms with Crippen molar-refractivity contribution in [1.29, 1.82) is 0 Å². The van der Waals surface area contributed by atoms with Crippen molar-refractivity contribution >= 4 is 21.6 Å². The second kappa shape index (κ2) is 6.77. The summed E-state index contributed by atoms with van der Waals surface area (Å²) >= 11 is 1.45. The number of thiophene rings is 1. The molecule has 5 heteroatoms. The first kappa shape index (κ1) is 16.5. The second-order valence-electron chi connectivity index (χ2n) is 5.91. The summed E-state index contributed by atoms with van der Waals surface area (Å²) < 4.78 is 11.0. The molecule has 0 fully saturated rings. The van der Waals surface area contributed by atoms with E-state index >= 15 is 0 Å². The van der Waals surface area contributed by atoms with Crippen LogP contribution in [0.25, 0.3) is 32.8 Å². The van der Waals surface area contributed by atoms with Gasteiger partial charge in [0.15, 0.2) is 0 Å². The summed E-state index contributed by atoms with van der Waals surface area (Å²) in [5.41, 5.74) is 3.27. The Bertz CT molecular complexity index is 1130. The van der Waals surface area contributed by atoms with Crippen LogP contribution in [0, 0.1) is 6.92 Å². The Balaban J connectivity index is 1.82. The molecule has 4 nitrogen and oxygen atoms in total. The van der Waals surface area contributed by atoms with E-state index in [0.29, 0.717) is 22.7 Å². The number of ether oxygens (including phenoxy) is 1. The number of hydrogen-bond acceptors (Lipinski definition) is 5. The van der Waals surface area contributed by atoms with Crippen LogP contribution in [0.15, 0.2) is 63.1 Å².